The van der Waals surface area contributed by atoms with Crippen LogP contribution in [0.4, 0.5) is 5.69 Å². The lowest BCUT2D eigenvalue weighted by Gasteiger charge is -2.21. The van der Waals surface area contributed by atoms with Crippen molar-refractivity contribution in [3.8, 4) is 5.75 Å². The maximum atomic E-state index is 12.4. The average Bonchev–Trinajstić information content (AvgIpc) is 2.52. The molecule has 2 aromatic rings. The molecule has 2 N–H and O–H groups in total. The fourth-order valence-corrected chi connectivity index (χ4v) is 2.45. The Labute approximate surface area is 124 Å². The quantitative estimate of drug-likeness (QED) is 0.910. The van der Waals surface area contributed by atoms with Crippen LogP contribution in [0.3, 0.4) is 0 Å². The summed E-state index contributed by atoms with van der Waals surface area (Å²) in [5, 5.41) is 6.18. The molecule has 0 saturated heterocycles. The lowest BCUT2D eigenvalue weighted by Crippen LogP contribution is -2.26. The molecule has 0 fully saturated rings. The van der Waals surface area contributed by atoms with Gasteiger partial charge >= 0.3 is 0 Å². The zero-order valence-corrected chi connectivity index (χ0v) is 12.0. The standard InChI is InChI=1S/C17H18N2O2/c1-12-4-2-5-13(10-12)11-19-17(20)14-6-3-7-15-16(14)21-9-8-18-15/h2-7,10,18H,8-9,11H2,1H3,(H,19,20). The van der Waals surface area contributed by atoms with Gasteiger partial charge in [-0.1, -0.05) is 35.9 Å². The maximum Gasteiger partial charge on any atom is 0.255 e. The predicted octanol–water partition coefficient (Wildman–Crippen LogP) is 2.73. The summed E-state index contributed by atoms with van der Waals surface area (Å²) < 4.78 is 5.62. The van der Waals surface area contributed by atoms with Gasteiger partial charge in [-0.2, -0.15) is 0 Å². The number of ether oxygens (including phenoxy) is 1. The number of anilines is 1. The molecule has 0 bridgehead atoms. The van der Waals surface area contributed by atoms with Gasteiger partial charge in [0.15, 0.2) is 5.75 Å². The van der Waals surface area contributed by atoms with Gasteiger partial charge in [0.1, 0.15) is 6.61 Å². The zero-order valence-electron chi connectivity index (χ0n) is 12.0. The molecule has 0 aliphatic carbocycles. The first-order valence-electron chi connectivity index (χ1n) is 7.07. The molecule has 4 nitrogen and oxygen atoms in total. The van der Waals surface area contributed by atoms with Gasteiger partial charge in [0.25, 0.3) is 5.91 Å². The minimum absolute atomic E-state index is 0.114. The van der Waals surface area contributed by atoms with Crippen molar-refractivity contribution >= 4 is 11.6 Å². The van der Waals surface area contributed by atoms with Crippen LogP contribution in [0.1, 0.15) is 21.5 Å². The summed E-state index contributed by atoms with van der Waals surface area (Å²) in [7, 11) is 0. The Morgan fingerprint density at radius 2 is 2.14 bits per heavy atom. The number of hydrogen-bond donors (Lipinski definition) is 2. The molecule has 0 unspecified atom stereocenters. The summed E-state index contributed by atoms with van der Waals surface area (Å²) >= 11 is 0. The van der Waals surface area contributed by atoms with Crippen LogP contribution in [0.5, 0.6) is 5.75 Å². The van der Waals surface area contributed by atoms with E-state index >= 15 is 0 Å². The molecule has 0 saturated carbocycles. The summed E-state index contributed by atoms with van der Waals surface area (Å²) in [4.78, 5) is 12.4. The van der Waals surface area contributed by atoms with E-state index in [1.807, 2.05) is 37.3 Å². The summed E-state index contributed by atoms with van der Waals surface area (Å²) in [5.74, 6) is 0.530. The van der Waals surface area contributed by atoms with E-state index in [1.54, 1.807) is 6.07 Å². The molecule has 21 heavy (non-hydrogen) atoms. The monoisotopic (exact) mass is 282 g/mol. The van der Waals surface area contributed by atoms with Crippen LogP contribution in [0.2, 0.25) is 0 Å². The van der Waals surface area contributed by atoms with E-state index in [4.69, 9.17) is 4.74 Å². The molecule has 1 aliphatic heterocycles. The first kappa shape index (κ1) is 13.5. The molecule has 1 aliphatic rings. The molecule has 0 aromatic heterocycles. The largest absolute Gasteiger partial charge is 0.489 e. The summed E-state index contributed by atoms with van der Waals surface area (Å²) in [6.07, 6.45) is 0. The second kappa shape index (κ2) is 5.87. The van der Waals surface area contributed by atoms with E-state index in [0.29, 0.717) is 24.5 Å². The highest BCUT2D eigenvalue weighted by Crippen LogP contribution is 2.31. The number of para-hydroxylation sites is 1. The van der Waals surface area contributed by atoms with Crippen LogP contribution in [0.25, 0.3) is 0 Å². The topological polar surface area (TPSA) is 50.4 Å². The van der Waals surface area contributed by atoms with E-state index in [-0.39, 0.29) is 5.91 Å². The van der Waals surface area contributed by atoms with Gasteiger partial charge in [-0.25, -0.2) is 0 Å². The van der Waals surface area contributed by atoms with Crippen LogP contribution in [0.15, 0.2) is 42.5 Å². The third kappa shape index (κ3) is 2.99. The molecule has 1 heterocycles. The molecular formula is C17H18N2O2. The number of aryl methyl sites for hydroxylation is 1. The molecule has 0 spiro atoms. The Hall–Kier alpha value is -2.49. The highest BCUT2D eigenvalue weighted by atomic mass is 16.5. The minimum atomic E-state index is -0.114. The second-order valence-corrected chi connectivity index (χ2v) is 5.13. The lowest BCUT2D eigenvalue weighted by molar-refractivity contribution is 0.0947. The average molecular weight is 282 g/mol. The van der Waals surface area contributed by atoms with Crippen molar-refractivity contribution in [2.75, 3.05) is 18.5 Å². The van der Waals surface area contributed by atoms with E-state index in [0.717, 1.165) is 17.8 Å². The predicted molar refractivity (Wildman–Crippen MR) is 82.8 cm³/mol. The molecule has 108 valence electrons. The number of carbonyl (C=O) groups excluding carboxylic acids is 1. The number of amides is 1. The van der Waals surface area contributed by atoms with Crippen molar-refractivity contribution in [3.63, 3.8) is 0 Å². The van der Waals surface area contributed by atoms with E-state index < -0.39 is 0 Å². The fourth-order valence-electron chi connectivity index (χ4n) is 2.45. The van der Waals surface area contributed by atoms with Crippen molar-refractivity contribution in [1.82, 2.24) is 5.32 Å². The fraction of sp³-hybridized carbons (Fsp3) is 0.235. The number of nitrogens with one attached hydrogen (secondary N) is 2. The molecule has 0 radical (unpaired) electrons. The minimum Gasteiger partial charge on any atom is -0.489 e. The van der Waals surface area contributed by atoms with Crippen LogP contribution < -0.4 is 15.4 Å². The van der Waals surface area contributed by atoms with Crippen LogP contribution in [0, 0.1) is 6.92 Å². The normalized spacial score (nSPS) is 12.8. The van der Waals surface area contributed by atoms with Gasteiger partial charge in [0, 0.05) is 13.1 Å². The van der Waals surface area contributed by atoms with Gasteiger partial charge in [0.05, 0.1) is 11.3 Å². The highest BCUT2D eigenvalue weighted by molar-refractivity contribution is 5.98. The number of carbonyl (C=O) groups is 1. The van der Waals surface area contributed by atoms with Crippen molar-refractivity contribution in [2.45, 2.75) is 13.5 Å². The Morgan fingerprint density at radius 1 is 1.29 bits per heavy atom. The highest BCUT2D eigenvalue weighted by Gasteiger charge is 2.18. The van der Waals surface area contributed by atoms with Gasteiger partial charge in [-0.3, -0.25) is 4.79 Å². The Balaban J connectivity index is 1.74. The smallest absolute Gasteiger partial charge is 0.255 e. The second-order valence-electron chi connectivity index (χ2n) is 5.13. The first-order valence-corrected chi connectivity index (χ1v) is 7.07. The van der Waals surface area contributed by atoms with Crippen LogP contribution in [-0.4, -0.2) is 19.1 Å². The molecule has 1 amide bonds. The Kier molecular flexibility index (Phi) is 3.77. The van der Waals surface area contributed by atoms with Gasteiger partial charge < -0.3 is 15.4 Å². The number of rotatable bonds is 3. The maximum absolute atomic E-state index is 12.4. The first-order chi connectivity index (χ1) is 10.2. The summed E-state index contributed by atoms with van der Waals surface area (Å²) in [6.45, 7) is 3.90. The third-order valence-corrected chi connectivity index (χ3v) is 3.46. The SMILES string of the molecule is Cc1cccc(CNC(=O)c2cccc3c2OCCN3)c1. The summed E-state index contributed by atoms with van der Waals surface area (Å²) in [5.41, 5.74) is 3.73. The zero-order chi connectivity index (χ0) is 14.7. The van der Waals surface area contributed by atoms with Gasteiger partial charge in [-0.15, -0.1) is 0 Å². The van der Waals surface area contributed by atoms with Gasteiger partial charge in [-0.05, 0) is 24.6 Å². The lowest BCUT2D eigenvalue weighted by atomic mass is 10.1. The molecule has 2 aromatic carbocycles. The van der Waals surface area contributed by atoms with Crippen LogP contribution in [-0.2, 0) is 6.54 Å². The van der Waals surface area contributed by atoms with E-state index in [2.05, 4.69) is 16.7 Å². The van der Waals surface area contributed by atoms with Crippen molar-refractivity contribution in [3.05, 3.63) is 59.2 Å². The molecule has 3 rings (SSSR count). The van der Waals surface area contributed by atoms with E-state index in [1.165, 1.54) is 5.56 Å². The van der Waals surface area contributed by atoms with Crippen molar-refractivity contribution < 1.29 is 9.53 Å². The molecular weight excluding hydrogens is 264 g/mol. The summed E-state index contributed by atoms with van der Waals surface area (Å²) in [6, 6.07) is 13.7. The van der Waals surface area contributed by atoms with Crippen molar-refractivity contribution in [2.24, 2.45) is 0 Å². The number of hydrogen-bond acceptors (Lipinski definition) is 3. The van der Waals surface area contributed by atoms with Gasteiger partial charge in [0.2, 0.25) is 0 Å². The molecule has 0 atom stereocenters. The Morgan fingerprint density at radius 3 is 3.00 bits per heavy atom. The molecule has 4 heteroatoms. The number of fused-ring (bicyclic) bond motifs is 1. The van der Waals surface area contributed by atoms with E-state index in [9.17, 15) is 4.79 Å². The van der Waals surface area contributed by atoms with Crippen molar-refractivity contribution in [1.29, 1.82) is 0 Å². The Bertz CT molecular complexity index is 668. The number of benzene rings is 2. The third-order valence-electron chi connectivity index (χ3n) is 3.46. The van der Waals surface area contributed by atoms with Crippen LogP contribution >= 0.6 is 0 Å².